The van der Waals surface area contributed by atoms with Crippen molar-refractivity contribution >= 4 is 5.97 Å². The number of methoxy groups -OCH3 is 1. The van der Waals surface area contributed by atoms with Crippen molar-refractivity contribution in [2.45, 2.75) is 13.8 Å². The maximum Gasteiger partial charge on any atom is 0.339 e. The van der Waals surface area contributed by atoms with Crippen LogP contribution in [0.1, 0.15) is 21.7 Å². The normalized spacial score (nSPS) is 10.3. The molecule has 0 N–H and O–H groups in total. The van der Waals surface area contributed by atoms with Gasteiger partial charge in [0.15, 0.2) is 0 Å². The smallest absolute Gasteiger partial charge is 0.339 e. The van der Waals surface area contributed by atoms with Crippen LogP contribution < -0.4 is 0 Å². The van der Waals surface area contributed by atoms with Crippen molar-refractivity contribution < 1.29 is 9.53 Å². The van der Waals surface area contributed by atoms with Crippen LogP contribution in [-0.2, 0) is 4.74 Å². The van der Waals surface area contributed by atoms with E-state index in [1.165, 1.54) is 7.11 Å². The van der Waals surface area contributed by atoms with Gasteiger partial charge in [-0.3, -0.25) is 0 Å². The number of nitrogens with zero attached hydrogens (tertiary/aromatic N) is 1. The van der Waals surface area contributed by atoms with Crippen LogP contribution in [-0.4, -0.2) is 17.6 Å². The fraction of sp³-hybridized carbons (Fsp3) is 0.214. The van der Waals surface area contributed by atoms with Gasteiger partial charge in [-0.15, -0.1) is 0 Å². The Balaban J connectivity index is 2.64. The van der Waals surface area contributed by atoms with E-state index in [-0.39, 0.29) is 5.97 Å². The van der Waals surface area contributed by atoms with Crippen molar-refractivity contribution in [1.29, 1.82) is 0 Å². The molecule has 0 amide bonds. The molecule has 0 aliphatic rings. The Morgan fingerprint density at radius 1 is 1.06 bits per heavy atom. The van der Waals surface area contributed by atoms with E-state index in [0.717, 1.165) is 17.1 Å². The molecule has 0 saturated carbocycles. The van der Waals surface area contributed by atoms with Crippen molar-refractivity contribution in [2.75, 3.05) is 7.11 Å². The van der Waals surface area contributed by atoms with Gasteiger partial charge in [-0.05, 0) is 38.1 Å². The molecule has 3 nitrogen and oxygen atoms in total. The summed E-state index contributed by atoms with van der Waals surface area (Å²) >= 11 is 0. The van der Waals surface area contributed by atoms with Gasteiger partial charge in [0.2, 0.25) is 0 Å². The van der Waals surface area contributed by atoms with Crippen molar-refractivity contribution in [3.63, 3.8) is 0 Å². The topological polar surface area (TPSA) is 31.2 Å². The number of aryl methyl sites for hydroxylation is 2. The number of carbonyl (C=O) groups is 1. The van der Waals surface area contributed by atoms with Crippen LogP contribution in [0.15, 0.2) is 36.4 Å². The number of esters is 1. The van der Waals surface area contributed by atoms with E-state index in [1.54, 1.807) is 6.07 Å². The van der Waals surface area contributed by atoms with Crippen LogP contribution >= 0.6 is 0 Å². The summed E-state index contributed by atoms with van der Waals surface area (Å²) in [6, 6.07) is 11.5. The van der Waals surface area contributed by atoms with E-state index in [0.29, 0.717) is 5.56 Å². The molecule has 17 heavy (non-hydrogen) atoms. The first kappa shape index (κ1) is 11.5. The Morgan fingerprint density at radius 2 is 1.65 bits per heavy atom. The van der Waals surface area contributed by atoms with Crippen LogP contribution in [0.5, 0.6) is 0 Å². The molecule has 0 aliphatic carbocycles. The van der Waals surface area contributed by atoms with Gasteiger partial charge in [0.05, 0.1) is 18.4 Å². The van der Waals surface area contributed by atoms with Crippen LogP contribution in [0, 0.1) is 13.8 Å². The first-order chi connectivity index (χ1) is 8.15. The lowest BCUT2D eigenvalue weighted by Crippen LogP contribution is -2.09. The Bertz CT molecular complexity index is 536. The zero-order valence-corrected chi connectivity index (χ0v) is 10.2. The fourth-order valence-corrected chi connectivity index (χ4v) is 2.00. The van der Waals surface area contributed by atoms with Gasteiger partial charge < -0.3 is 9.30 Å². The third-order valence-corrected chi connectivity index (χ3v) is 2.82. The average molecular weight is 229 g/mol. The molecule has 2 rings (SSSR count). The van der Waals surface area contributed by atoms with E-state index in [4.69, 9.17) is 4.74 Å². The zero-order valence-electron chi connectivity index (χ0n) is 10.2. The number of para-hydroxylation sites is 1. The summed E-state index contributed by atoms with van der Waals surface area (Å²) in [6.45, 7) is 4.03. The number of hydrogen-bond acceptors (Lipinski definition) is 2. The summed E-state index contributed by atoms with van der Waals surface area (Å²) in [5, 5.41) is 0. The predicted octanol–water partition coefficient (Wildman–Crippen LogP) is 2.88. The lowest BCUT2D eigenvalue weighted by molar-refractivity contribution is 0.0601. The molecule has 2 aromatic rings. The molecule has 0 aliphatic heterocycles. The van der Waals surface area contributed by atoms with Crippen LogP contribution in [0.3, 0.4) is 0 Å². The molecule has 0 radical (unpaired) electrons. The minimum Gasteiger partial charge on any atom is -0.465 e. The number of aromatic nitrogens is 1. The summed E-state index contributed by atoms with van der Waals surface area (Å²) in [6.07, 6.45) is 0. The molecule has 88 valence electrons. The average Bonchev–Trinajstić information content (AvgIpc) is 2.68. The van der Waals surface area contributed by atoms with Crippen LogP contribution in [0.2, 0.25) is 0 Å². The Morgan fingerprint density at radius 3 is 2.24 bits per heavy atom. The minimum absolute atomic E-state index is 0.312. The number of carbonyl (C=O) groups excluding carboxylic acids is 1. The maximum absolute atomic E-state index is 11.7. The van der Waals surface area contributed by atoms with E-state index in [1.807, 2.05) is 48.7 Å². The van der Waals surface area contributed by atoms with E-state index >= 15 is 0 Å². The Kier molecular flexibility index (Phi) is 3.00. The molecule has 0 spiro atoms. The highest BCUT2D eigenvalue weighted by molar-refractivity contribution is 5.93. The van der Waals surface area contributed by atoms with E-state index in [9.17, 15) is 4.79 Å². The summed E-state index contributed by atoms with van der Waals surface area (Å²) in [5.74, 6) is -0.312. The summed E-state index contributed by atoms with van der Waals surface area (Å²) in [5.41, 5.74) is 3.63. The Hall–Kier alpha value is -2.03. The SMILES string of the molecule is COC(=O)c1ccccc1-n1c(C)ccc1C. The van der Waals surface area contributed by atoms with Crippen molar-refractivity contribution in [3.8, 4) is 5.69 Å². The molecule has 1 aromatic heterocycles. The standard InChI is InChI=1S/C14H15NO2/c1-10-8-9-11(2)15(10)13-7-5-4-6-12(13)14(16)17-3/h4-9H,1-3H3. The van der Waals surface area contributed by atoms with Crippen LogP contribution in [0.4, 0.5) is 0 Å². The van der Waals surface area contributed by atoms with Crippen molar-refractivity contribution in [1.82, 2.24) is 4.57 Å². The molecule has 0 atom stereocenters. The lowest BCUT2D eigenvalue weighted by Gasteiger charge is -2.13. The monoisotopic (exact) mass is 229 g/mol. The highest BCUT2D eigenvalue weighted by Crippen LogP contribution is 2.20. The highest BCUT2D eigenvalue weighted by Gasteiger charge is 2.14. The largest absolute Gasteiger partial charge is 0.465 e. The molecule has 1 aromatic carbocycles. The quantitative estimate of drug-likeness (QED) is 0.741. The fourth-order valence-electron chi connectivity index (χ4n) is 2.00. The van der Waals surface area contributed by atoms with Crippen molar-refractivity contribution in [3.05, 3.63) is 53.3 Å². The van der Waals surface area contributed by atoms with Crippen LogP contribution in [0.25, 0.3) is 5.69 Å². The lowest BCUT2D eigenvalue weighted by atomic mass is 10.1. The maximum atomic E-state index is 11.7. The van der Waals surface area contributed by atoms with Gasteiger partial charge in [-0.2, -0.15) is 0 Å². The zero-order chi connectivity index (χ0) is 12.4. The first-order valence-electron chi connectivity index (χ1n) is 5.48. The van der Waals surface area contributed by atoms with Gasteiger partial charge in [0, 0.05) is 11.4 Å². The second-order valence-corrected chi connectivity index (χ2v) is 3.96. The Labute approximate surface area is 101 Å². The minimum atomic E-state index is -0.312. The van der Waals surface area contributed by atoms with Crippen molar-refractivity contribution in [2.24, 2.45) is 0 Å². The second kappa shape index (κ2) is 4.45. The molecular weight excluding hydrogens is 214 g/mol. The van der Waals surface area contributed by atoms with Gasteiger partial charge in [0.25, 0.3) is 0 Å². The van der Waals surface area contributed by atoms with Gasteiger partial charge >= 0.3 is 5.97 Å². The summed E-state index contributed by atoms with van der Waals surface area (Å²) in [4.78, 5) is 11.7. The number of benzene rings is 1. The van der Waals surface area contributed by atoms with E-state index < -0.39 is 0 Å². The third-order valence-electron chi connectivity index (χ3n) is 2.82. The number of rotatable bonds is 2. The van der Waals surface area contributed by atoms with Gasteiger partial charge in [-0.25, -0.2) is 4.79 Å². The molecular formula is C14H15NO2. The second-order valence-electron chi connectivity index (χ2n) is 3.96. The highest BCUT2D eigenvalue weighted by atomic mass is 16.5. The molecule has 0 fully saturated rings. The molecule has 3 heteroatoms. The summed E-state index contributed by atoms with van der Waals surface area (Å²) in [7, 11) is 1.40. The molecule has 0 unspecified atom stereocenters. The first-order valence-corrected chi connectivity index (χ1v) is 5.48. The molecule has 1 heterocycles. The number of hydrogen-bond donors (Lipinski definition) is 0. The third kappa shape index (κ3) is 1.96. The predicted molar refractivity (Wildman–Crippen MR) is 66.6 cm³/mol. The summed E-state index contributed by atoms with van der Waals surface area (Å²) < 4.78 is 6.85. The van der Waals surface area contributed by atoms with Gasteiger partial charge in [0.1, 0.15) is 0 Å². The van der Waals surface area contributed by atoms with Gasteiger partial charge in [-0.1, -0.05) is 12.1 Å². The molecule has 0 bridgehead atoms. The van der Waals surface area contributed by atoms with E-state index in [2.05, 4.69) is 0 Å². The molecule has 0 saturated heterocycles. The number of ether oxygens (including phenoxy) is 1.